The summed E-state index contributed by atoms with van der Waals surface area (Å²) in [7, 11) is 3.52. The van der Waals surface area contributed by atoms with Gasteiger partial charge in [-0.15, -0.1) is 0 Å². The molecule has 2 rings (SSSR count). The first-order valence-electron chi connectivity index (χ1n) is 14.2. The Morgan fingerprint density at radius 1 is 1.18 bits per heavy atom. The minimum Gasteiger partial charge on any atom is -0.365 e. The average Bonchev–Trinajstić information content (AvgIpc) is 2.88. The smallest absolute Gasteiger partial charge is 0.209 e. The summed E-state index contributed by atoms with van der Waals surface area (Å²) in [5.41, 5.74) is 7.16. The quantitative estimate of drug-likeness (QED) is 0.284. The van der Waals surface area contributed by atoms with Crippen molar-refractivity contribution in [2.75, 3.05) is 40.3 Å². The first-order chi connectivity index (χ1) is 18.1. The summed E-state index contributed by atoms with van der Waals surface area (Å²) in [5, 5.41) is 8.16. The maximum Gasteiger partial charge on any atom is 0.209 e. The van der Waals surface area contributed by atoms with Crippen LogP contribution in [0.5, 0.6) is 0 Å². The van der Waals surface area contributed by atoms with Crippen LogP contribution >= 0.6 is 0 Å². The number of nitriles is 1. The summed E-state index contributed by atoms with van der Waals surface area (Å²) in [6.45, 7) is 16.4. The molecular weight excluding hydrogens is 481 g/mol. The zero-order chi connectivity index (χ0) is 29.1. The Kier molecular flexibility index (Phi) is 19.7. The van der Waals surface area contributed by atoms with E-state index in [2.05, 4.69) is 50.5 Å². The first-order valence-corrected chi connectivity index (χ1v) is 14.2. The SMILES string of the molecule is CCC.CCC1CN(CC(C)N)CC(OC)N1C(c1ccc(F)cc1)C(C)C.CN(C=O)CCCCC#N. The van der Waals surface area contributed by atoms with Gasteiger partial charge in [0.05, 0.1) is 6.07 Å². The second-order valence-corrected chi connectivity index (χ2v) is 10.5. The van der Waals surface area contributed by atoms with Crippen molar-refractivity contribution in [1.29, 1.82) is 5.26 Å². The van der Waals surface area contributed by atoms with Crippen molar-refractivity contribution in [1.82, 2.24) is 14.7 Å². The van der Waals surface area contributed by atoms with Gasteiger partial charge in [0.25, 0.3) is 0 Å². The fourth-order valence-corrected chi connectivity index (χ4v) is 4.70. The molecule has 8 heteroatoms. The van der Waals surface area contributed by atoms with E-state index in [4.69, 9.17) is 15.7 Å². The molecule has 1 saturated heterocycles. The Bertz CT molecular complexity index is 755. The van der Waals surface area contributed by atoms with Crippen LogP contribution in [0.4, 0.5) is 4.39 Å². The number of carbonyl (C=O) groups excluding carboxylic acids is 1. The number of nitrogens with two attached hydrogens (primary N) is 1. The monoisotopic (exact) mass is 535 g/mol. The lowest BCUT2D eigenvalue weighted by Gasteiger charge is -2.50. The zero-order valence-electron chi connectivity index (χ0n) is 25.2. The third kappa shape index (κ3) is 13.7. The van der Waals surface area contributed by atoms with Crippen LogP contribution in [-0.4, -0.2) is 79.8 Å². The Morgan fingerprint density at radius 3 is 2.24 bits per heavy atom. The number of methoxy groups -OCH3 is 1. The van der Waals surface area contributed by atoms with Crippen molar-refractivity contribution in [2.24, 2.45) is 11.7 Å². The average molecular weight is 536 g/mol. The van der Waals surface area contributed by atoms with Crippen molar-refractivity contribution in [3.63, 3.8) is 0 Å². The van der Waals surface area contributed by atoms with E-state index in [-0.39, 0.29) is 24.1 Å². The fraction of sp³-hybridized carbons (Fsp3) is 0.733. The van der Waals surface area contributed by atoms with Crippen LogP contribution in [0.25, 0.3) is 0 Å². The van der Waals surface area contributed by atoms with Gasteiger partial charge in [0.15, 0.2) is 0 Å². The van der Waals surface area contributed by atoms with E-state index in [1.165, 1.54) is 6.42 Å². The Morgan fingerprint density at radius 2 is 1.79 bits per heavy atom. The highest BCUT2D eigenvalue weighted by Crippen LogP contribution is 2.35. The van der Waals surface area contributed by atoms with E-state index in [0.29, 0.717) is 18.4 Å². The van der Waals surface area contributed by atoms with Gasteiger partial charge in [-0.3, -0.25) is 14.6 Å². The minimum atomic E-state index is -0.191. The Labute approximate surface area is 232 Å². The maximum atomic E-state index is 13.4. The molecule has 1 amide bonds. The molecule has 4 unspecified atom stereocenters. The van der Waals surface area contributed by atoms with Gasteiger partial charge in [-0.1, -0.05) is 53.2 Å². The molecule has 1 fully saturated rings. The number of amides is 1. The maximum absolute atomic E-state index is 13.4. The van der Waals surface area contributed by atoms with Gasteiger partial charge >= 0.3 is 0 Å². The number of nitrogens with zero attached hydrogens (tertiary/aromatic N) is 4. The van der Waals surface area contributed by atoms with Crippen LogP contribution in [0.15, 0.2) is 24.3 Å². The first kappa shape index (κ1) is 35.9. The van der Waals surface area contributed by atoms with E-state index >= 15 is 0 Å². The number of piperazine rings is 1. The second kappa shape index (κ2) is 20.9. The molecule has 0 radical (unpaired) electrons. The van der Waals surface area contributed by atoms with E-state index in [9.17, 15) is 9.18 Å². The number of rotatable bonds is 12. The number of benzene rings is 1. The second-order valence-electron chi connectivity index (χ2n) is 10.5. The van der Waals surface area contributed by atoms with Crippen molar-refractivity contribution < 1.29 is 13.9 Å². The van der Waals surface area contributed by atoms with Gasteiger partial charge < -0.3 is 15.4 Å². The third-order valence-corrected chi connectivity index (χ3v) is 6.32. The van der Waals surface area contributed by atoms with Gasteiger partial charge in [-0.05, 0) is 49.8 Å². The molecule has 1 aliphatic rings. The molecule has 0 aliphatic carbocycles. The molecule has 0 spiro atoms. The summed E-state index contributed by atoms with van der Waals surface area (Å²) in [4.78, 5) is 16.5. The lowest BCUT2D eigenvalue weighted by atomic mass is 9.91. The number of carbonyl (C=O) groups is 1. The van der Waals surface area contributed by atoms with Crippen LogP contribution in [0.2, 0.25) is 0 Å². The number of halogens is 1. The molecule has 0 saturated carbocycles. The molecule has 2 N–H and O–H groups in total. The number of hydrogen-bond acceptors (Lipinski definition) is 6. The largest absolute Gasteiger partial charge is 0.365 e. The van der Waals surface area contributed by atoms with Crippen LogP contribution < -0.4 is 5.73 Å². The highest BCUT2D eigenvalue weighted by atomic mass is 19.1. The molecule has 1 aromatic carbocycles. The summed E-state index contributed by atoms with van der Waals surface area (Å²) in [6.07, 6.45) is 5.49. The van der Waals surface area contributed by atoms with Crippen molar-refractivity contribution in [3.05, 3.63) is 35.6 Å². The molecule has 0 aromatic heterocycles. The summed E-state index contributed by atoms with van der Waals surface area (Å²) >= 11 is 0. The molecule has 0 bridgehead atoms. The summed E-state index contributed by atoms with van der Waals surface area (Å²) in [5.74, 6) is 0.209. The van der Waals surface area contributed by atoms with Gasteiger partial charge in [0.1, 0.15) is 12.0 Å². The van der Waals surface area contributed by atoms with Crippen molar-refractivity contribution >= 4 is 6.41 Å². The lowest BCUT2D eigenvalue weighted by molar-refractivity contribution is -0.137. The summed E-state index contributed by atoms with van der Waals surface area (Å²) < 4.78 is 19.3. The minimum absolute atomic E-state index is 0.00917. The molecule has 4 atom stereocenters. The lowest BCUT2D eigenvalue weighted by Crippen LogP contribution is -2.61. The van der Waals surface area contributed by atoms with E-state index in [0.717, 1.165) is 57.4 Å². The Hall–Kier alpha value is -2.05. The number of unbranched alkanes of at least 4 members (excludes halogenated alkanes) is 2. The molecule has 7 nitrogen and oxygen atoms in total. The van der Waals surface area contributed by atoms with Crippen molar-refractivity contribution in [3.8, 4) is 6.07 Å². The van der Waals surface area contributed by atoms with E-state index in [1.54, 1.807) is 31.2 Å². The highest BCUT2D eigenvalue weighted by Gasteiger charge is 2.39. The van der Waals surface area contributed by atoms with Crippen LogP contribution in [0.3, 0.4) is 0 Å². The van der Waals surface area contributed by atoms with Crippen LogP contribution in [0.1, 0.15) is 85.3 Å². The zero-order valence-corrected chi connectivity index (χ0v) is 25.2. The molecular formula is C30H54FN5O2. The Balaban J connectivity index is 0.000000880. The van der Waals surface area contributed by atoms with Gasteiger partial charge in [-0.2, -0.15) is 5.26 Å². The molecule has 218 valence electrons. The third-order valence-electron chi connectivity index (χ3n) is 6.32. The van der Waals surface area contributed by atoms with Crippen molar-refractivity contribution in [2.45, 2.75) is 98.0 Å². The standard InChI is InChI=1S/C20H34FN3O.C7H12N2O.C3H8/c1-6-18-12-23(11-15(4)22)13-19(25-5)24(18)20(14(2)3)16-7-9-17(21)10-8-16;1-9(7-10)6-4-2-3-5-8;1-3-2/h7-10,14-15,18-20H,6,11-13,22H2,1-5H3;7H,2-4,6H2,1H3;3H2,1-2H3. The predicted molar refractivity (Wildman–Crippen MR) is 155 cm³/mol. The molecule has 1 aromatic rings. The van der Waals surface area contributed by atoms with Gasteiger partial charge in [0, 0.05) is 64.9 Å². The number of ether oxygens (including phenoxy) is 1. The topological polar surface area (TPSA) is 85.8 Å². The van der Waals surface area contributed by atoms with E-state index in [1.807, 2.05) is 19.1 Å². The molecule has 1 heterocycles. The van der Waals surface area contributed by atoms with Crippen LogP contribution in [0, 0.1) is 23.1 Å². The predicted octanol–water partition coefficient (Wildman–Crippen LogP) is 5.42. The van der Waals surface area contributed by atoms with E-state index < -0.39 is 0 Å². The highest BCUT2D eigenvalue weighted by molar-refractivity contribution is 5.46. The summed E-state index contributed by atoms with van der Waals surface area (Å²) in [6, 6.07) is 9.72. The van der Waals surface area contributed by atoms with Crippen LogP contribution in [-0.2, 0) is 9.53 Å². The normalized spacial score (nSPS) is 19.3. The number of hydrogen-bond donors (Lipinski definition) is 1. The molecule has 38 heavy (non-hydrogen) atoms. The molecule has 1 aliphatic heterocycles. The van der Waals surface area contributed by atoms with Gasteiger partial charge in [-0.25, -0.2) is 4.39 Å². The van der Waals surface area contributed by atoms with Gasteiger partial charge in [0.2, 0.25) is 6.41 Å². The fourth-order valence-electron chi connectivity index (χ4n) is 4.70.